The van der Waals surface area contributed by atoms with Gasteiger partial charge >= 0.3 is 0 Å². The van der Waals surface area contributed by atoms with Gasteiger partial charge in [-0.15, -0.1) is 0 Å². The summed E-state index contributed by atoms with van der Waals surface area (Å²) in [4.78, 5) is 2.24. The van der Waals surface area contributed by atoms with E-state index in [0.29, 0.717) is 0 Å². The molecule has 1 aliphatic rings. The fourth-order valence-corrected chi connectivity index (χ4v) is 1.08. The number of ether oxygens (including phenoxy) is 1. The lowest BCUT2D eigenvalue weighted by Crippen LogP contribution is -2.41. The molecule has 4 N–H and O–H groups in total. The van der Waals surface area contributed by atoms with Crippen molar-refractivity contribution < 1.29 is 25.2 Å². The molecule has 0 radical (unpaired) electrons. The van der Waals surface area contributed by atoms with Crippen LogP contribution in [-0.2, 0) is 4.74 Å². The molecule has 0 aromatic rings. The topological polar surface area (TPSA) is 139 Å². The Morgan fingerprint density at radius 2 is 2.15 bits per heavy atom. The quantitative estimate of drug-likeness (QED) is 0.228. The number of nitrogens with zero attached hydrogens (tertiary/aromatic N) is 3. The minimum Gasteiger partial charge on any atom is -0.394 e. The van der Waals surface area contributed by atoms with Crippen molar-refractivity contribution in [3.8, 4) is 0 Å². The van der Waals surface area contributed by atoms with Crippen LogP contribution in [0.4, 0.5) is 0 Å². The van der Waals surface area contributed by atoms with E-state index >= 15 is 0 Å². The number of hydrogen-bond donors (Lipinski definition) is 4. The zero-order chi connectivity index (χ0) is 10.1. The molecule has 0 amide bonds. The first-order valence-electron chi connectivity index (χ1n) is 3.48. The van der Waals surface area contributed by atoms with E-state index in [0.717, 1.165) is 0 Å². The van der Waals surface area contributed by atoms with E-state index in [1.165, 1.54) is 0 Å². The van der Waals surface area contributed by atoms with Gasteiger partial charge in [-0.05, 0) is 10.6 Å². The van der Waals surface area contributed by atoms with Crippen LogP contribution < -0.4 is 0 Å². The highest BCUT2D eigenvalue weighted by Crippen LogP contribution is 2.30. The SMILES string of the molecule is [N-]=[N+]=NC1(O)O[C@H](CO)[C@@H](O)[C@@H]1O. The summed E-state index contributed by atoms with van der Waals surface area (Å²) >= 11 is 0. The van der Waals surface area contributed by atoms with E-state index in [4.69, 9.17) is 20.9 Å². The van der Waals surface area contributed by atoms with Crippen LogP contribution in [0.5, 0.6) is 0 Å². The van der Waals surface area contributed by atoms with E-state index in [-0.39, 0.29) is 0 Å². The fraction of sp³-hybridized carbons (Fsp3) is 1.00. The monoisotopic (exact) mass is 191 g/mol. The Kier molecular flexibility index (Phi) is 2.71. The summed E-state index contributed by atoms with van der Waals surface area (Å²) in [6.45, 7) is -0.596. The van der Waals surface area contributed by atoms with E-state index in [1.807, 2.05) is 0 Å². The fourth-order valence-electron chi connectivity index (χ4n) is 1.08. The number of hydrogen-bond acceptors (Lipinski definition) is 6. The maximum atomic E-state index is 9.27. The Labute approximate surface area is 72.6 Å². The van der Waals surface area contributed by atoms with Crippen LogP contribution in [0.15, 0.2) is 5.11 Å². The highest BCUT2D eigenvalue weighted by atomic mass is 16.7. The van der Waals surface area contributed by atoms with Crippen molar-refractivity contribution in [2.24, 2.45) is 5.11 Å². The zero-order valence-electron chi connectivity index (χ0n) is 6.48. The van der Waals surface area contributed by atoms with Crippen molar-refractivity contribution in [1.82, 2.24) is 0 Å². The molecule has 1 aliphatic heterocycles. The molecule has 8 heteroatoms. The minimum atomic E-state index is -2.50. The van der Waals surface area contributed by atoms with Crippen LogP contribution in [-0.4, -0.2) is 51.3 Å². The summed E-state index contributed by atoms with van der Waals surface area (Å²) in [6.07, 6.45) is -4.41. The highest BCUT2D eigenvalue weighted by molar-refractivity contribution is 4.93. The van der Waals surface area contributed by atoms with Gasteiger partial charge < -0.3 is 25.2 Å². The van der Waals surface area contributed by atoms with Gasteiger partial charge in [0.05, 0.1) is 6.61 Å². The average Bonchev–Trinajstić information content (AvgIpc) is 2.31. The first-order valence-corrected chi connectivity index (χ1v) is 3.48. The Balaban J connectivity index is 2.87. The van der Waals surface area contributed by atoms with Crippen LogP contribution in [0.25, 0.3) is 10.4 Å². The molecule has 1 fully saturated rings. The number of aliphatic hydroxyl groups is 4. The molecule has 1 unspecified atom stereocenters. The second-order valence-corrected chi connectivity index (χ2v) is 2.62. The molecule has 1 heterocycles. The summed E-state index contributed by atoms with van der Waals surface area (Å²) < 4.78 is 4.55. The lowest BCUT2D eigenvalue weighted by molar-refractivity contribution is -0.225. The third-order valence-corrected chi connectivity index (χ3v) is 1.78. The van der Waals surface area contributed by atoms with E-state index in [1.54, 1.807) is 0 Å². The molecule has 0 aromatic heterocycles. The molecular formula is C5H9N3O5. The van der Waals surface area contributed by atoms with Gasteiger partial charge in [-0.1, -0.05) is 0 Å². The summed E-state index contributed by atoms with van der Waals surface area (Å²) in [6, 6.07) is 0. The Morgan fingerprint density at radius 1 is 1.54 bits per heavy atom. The molecule has 13 heavy (non-hydrogen) atoms. The van der Waals surface area contributed by atoms with Gasteiger partial charge in [0, 0.05) is 4.91 Å². The van der Waals surface area contributed by atoms with Crippen LogP contribution in [0.1, 0.15) is 0 Å². The van der Waals surface area contributed by atoms with Crippen molar-refractivity contribution in [2.45, 2.75) is 24.2 Å². The van der Waals surface area contributed by atoms with Crippen LogP contribution >= 0.6 is 0 Å². The maximum absolute atomic E-state index is 9.27. The highest BCUT2D eigenvalue weighted by Gasteiger charge is 2.52. The van der Waals surface area contributed by atoms with Crippen molar-refractivity contribution in [1.29, 1.82) is 0 Å². The minimum absolute atomic E-state index is 0.596. The van der Waals surface area contributed by atoms with Gasteiger partial charge in [0.25, 0.3) is 5.91 Å². The summed E-state index contributed by atoms with van der Waals surface area (Å²) in [7, 11) is 0. The Bertz CT molecular complexity index is 242. The Hall–Kier alpha value is -0.890. The van der Waals surface area contributed by atoms with Crippen LogP contribution in [0.2, 0.25) is 0 Å². The molecular weight excluding hydrogens is 182 g/mol. The van der Waals surface area contributed by atoms with E-state index in [9.17, 15) is 5.11 Å². The zero-order valence-corrected chi connectivity index (χ0v) is 6.48. The molecule has 0 aliphatic carbocycles. The largest absolute Gasteiger partial charge is 0.394 e. The van der Waals surface area contributed by atoms with Crippen molar-refractivity contribution >= 4 is 0 Å². The molecule has 1 rings (SSSR count). The molecule has 8 nitrogen and oxygen atoms in total. The van der Waals surface area contributed by atoms with Crippen molar-refractivity contribution in [2.75, 3.05) is 6.61 Å². The smallest absolute Gasteiger partial charge is 0.276 e. The third-order valence-electron chi connectivity index (χ3n) is 1.78. The van der Waals surface area contributed by atoms with Crippen LogP contribution in [0, 0.1) is 0 Å². The van der Waals surface area contributed by atoms with E-state index < -0.39 is 30.8 Å². The van der Waals surface area contributed by atoms with Crippen molar-refractivity contribution in [3.05, 3.63) is 10.4 Å². The second-order valence-electron chi connectivity index (χ2n) is 2.62. The van der Waals surface area contributed by atoms with Gasteiger partial charge in [0.15, 0.2) is 0 Å². The molecule has 0 saturated carbocycles. The lowest BCUT2D eigenvalue weighted by Gasteiger charge is -2.18. The van der Waals surface area contributed by atoms with Gasteiger partial charge in [-0.25, -0.2) is 0 Å². The molecule has 0 spiro atoms. The van der Waals surface area contributed by atoms with E-state index in [2.05, 4.69) is 14.8 Å². The predicted octanol–water partition coefficient (Wildman–Crippen LogP) is -1.94. The van der Waals surface area contributed by atoms with Crippen molar-refractivity contribution in [3.63, 3.8) is 0 Å². The lowest BCUT2D eigenvalue weighted by atomic mass is 10.1. The van der Waals surface area contributed by atoms with Gasteiger partial charge in [0.2, 0.25) is 0 Å². The van der Waals surface area contributed by atoms with Gasteiger partial charge in [0.1, 0.15) is 18.3 Å². The molecule has 74 valence electrons. The third kappa shape index (κ3) is 1.59. The first kappa shape index (κ1) is 10.2. The maximum Gasteiger partial charge on any atom is 0.276 e. The number of rotatable bonds is 2. The van der Waals surface area contributed by atoms with Gasteiger partial charge in [-0.3, -0.25) is 0 Å². The van der Waals surface area contributed by atoms with Gasteiger partial charge in [-0.2, -0.15) is 0 Å². The molecule has 1 saturated heterocycles. The first-order chi connectivity index (χ1) is 6.05. The second kappa shape index (κ2) is 3.46. The molecule has 0 bridgehead atoms. The summed E-state index contributed by atoms with van der Waals surface area (Å²) in [5.74, 6) is -2.50. The Morgan fingerprint density at radius 3 is 2.54 bits per heavy atom. The van der Waals surface area contributed by atoms with Crippen LogP contribution in [0.3, 0.4) is 0 Å². The number of azide groups is 1. The number of aliphatic hydroxyl groups excluding tert-OH is 3. The average molecular weight is 191 g/mol. The summed E-state index contributed by atoms with van der Waals surface area (Å²) in [5.41, 5.74) is 8.02. The normalized spacial score (nSPS) is 44.5. The molecule has 4 atom stereocenters. The summed E-state index contributed by atoms with van der Waals surface area (Å²) in [5, 5.41) is 38.9. The standard InChI is InChI=1S/C5H9N3O5/c6-8-7-5(12)4(11)3(10)2(1-9)13-5/h2-4,9-12H,1H2/t2-,3-,4+,5?/m1/s1. The predicted molar refractivity (Wildman–Crippen MR) is 38.1 cm³/mol. The molecule has 0 aromatic carbocycles.